The minimum Gasteiger partial charge on any atom is -0.378 e. The Kier molecular flexibility index (Phi) is 8.29. The second-order valence-corrected chi connectivity index (χ2v) is 7.61. The average molecular weight is 484 g/mol. The molecule has 0 unspecified atom stereocenters. The molecule has 2 aromatic carbocycles. The number of hydrogen-bond acceptors (Lipinski definition) is 4. The highest BCUT2D eigenvalue weighted by atomic mass is 35.5. The molecule has 1 saturated heterocycles. The van der Waals surface area contributed by atoms with Gasteiger partial charge in [-0.3, -0.25) is 14.5 Å². The van der Waals surface area contributed by atoms with Crippen molar-refractivity contribution in [3.05, 3.63) is 64.4 Å². The standard InChI is InChI=1S/C22H21ClF3N3O4/c23-17-11-16(5-6-18(17)24)29(22(32)28-7-9-33-10-8-28)13-14-1-3-15(4-2-14)19(30)12-27-21(31)20(25)26/h1-6,11,20H,7-10,12-13H2,(H,27,31). The van der Waals surface area contributed by atoms with Crippen molar-refractivity contribution in [1.82, 2.24) is 10.2 Å². The van der Waals surface area contributed by atoms with Gasteiger partial charge in [0.25, 0.3) is 5.91 Å². The Labute approximate surface area is 193 Å². The molecule has 1 aliphatic heterocycles. The second kappa shape index (κ2) is 11.2. The van der Waals surface area contributed by atoms with Gasteiger partial charge in [0, 0.05) is 24.3 Å². The molecule has 0 radical (unpaired) electrons. The van der Waals surface area contributed by atoms with Crippen LogP contribution in [0.4, 0.5) is 23.7 Å². The molecular weight excluding hydrogens is 463 g/mol. The number of halogens is 4. The van der Waals surface area contributed by atoms with Crippen molar-refractivity contribution in [2.24, 2.45) is 0 Å². The summed E-state index contributed by atoms with van der Waals surface area (Å²) in [7, 11) is 0. The van der Waals surface area contributed by atoms with Crippen LogP contribution in [-0.2, 0) is 16.1 Å². The van der Waals surface area contributed by atoms with E-state index < -0.39 is 30.5 Å². The number of amides is 3. The fourth-order valence-corrected chi connectivity index (χ4v) is 3.35. The number of carbonyl (C=O) groups is 3. The van der Waals surface area contributed by atoms with Gasteiger partial charge >= 0.3 is 12.5 Å². The van der Waals surface area contributed by atoms with E-state index in [1.807, 2.05) is 5.32 Å². The monoisotopic (exact) mass is 483 g/mol. The van der Waals surface area contributed by atoms with Gasteiger partial charge in [-0.1, -0.05) is 35.9 Å². The maximum absolute atomic E-state index is 13.7. The lowest BCUT2D eigenvalue weighted by Crippen LogP contribution is -2.48. The number of Topliss-reactive ketones (excluding diaryl/α,β-unsaturated/α-hetero) is 1. The number of nitrogens with one attached hydrogen (secondary N) is 1. The topological polar surface area (TPSA) is 79.0 Å². The van der Waals surface area contributed by atoms with Crippen LogP contribution in [0.3, 0.4) is 0 Å². The number of alkyl halides is 2. The maximum Gasteiger partial charge on any atom is 0.324 e. The van der Waals surface area contributed by atoms with Crippen LogP contribution in [-0.4, -0.2) is 61.9 Å². The van der Waals surface area contributed by atoms with Gasteiger partial charge in [0.2, 0.25) is 0 Å². The molecule has 33 heavy (non-hydrogen) atoms. The zero-order valence-electron chi connectivity index (χ0n) is 17.4. The lowest BCUT2D eigenvalue weighted by molar-refractivity contribution is -0.131. The minimum atomic E-state index is -3.20. The Bertz CT molecular complexity index is 1010. The summed E-state index contributed by atoms with van der Waals surface area (Å²) < 4.78 is 43.4. The highest BCUT2D eigenvalue weighted by Crippen LogP contribution is 2.25. The molecule has 1 aliphatic rings. The molecule has 11 heteroatoms. The Hall–Kier alpha value is -3.11. The third-order valence-corrected chi connectivity index (χ3v) is 5.25. The quantitative estimate of drug-likeness (QED) is 0.611. The van der Waals surface area contributed by atoms with E-state index >= 15 is 0 Å². The molecule has 176 valence electrons. The lowest BCUT2D eigenvalue weighted by atomic mass is 10.1. The van der Waals surface area contributed by atoms with Crippen molar-refractivity contribution in [2.75, 3.05) is 37.7 Å². The number of ether oxygens (including phenoxy) is 1. The molecule has 1 N–H and O–H groups in total. The number of carbonyl (C=O) groups excluding carboxylic acids is 3. The Morgan fingerprint density at radius 2 is 1.76 bits per heavy atom. The van der Waals surface area contributed by atoms with Gasteiger partial charge in [0.1, 0.15) is 5.82 Å². The van der Waals surface area contributed by atoms with Crippen LogP contribution in [0.2, 0.25) is 5.02 Å². The molecule has 0 saturated carbocycles. The summed E-state index contributed by atoms with van der Waals surface area (Å²) in [6, 6.07) is 9.83. The summed E-state index contributed by atoms with van der Waals surface area (Å²) in [6.07, 6.45) is -3.20. The highest BCUT2D eigenvalue weighted by molar-refractivity contribution is 6.31. The molecule has 0 aliphatic carbocycles. The summed E-state index contributed by atoms with van der Waals surface area (Å²) in [6.45, 7) is 1.17. The van der Waals surface area contributed by atoms with E-state index in [-0.39, 0.29) is 23.2 Å². The van der Waals surface area contributed by atoms with E-state index in [2.05, 4.69) is 0 Å². The highest BCUT2D eigenvalue weighted by Gasteiger charge is 2.25. The van der Waals surface area contributed by atoms with Crippen molar-refractivity contribution >= 4 is 35.0 Å². The fraction of sp³-hybridized carbons (Fsp3) is 0.318. The molecular formula is C22H21ClF3N3O4. The van der Waals surface area contributed by atoms with Gasteiger partial charge in [-0.05, 0) is 23.8 Å². The van der Waals surface area contributed by atoms with E-state index in [0.717, 1.165) is 0 Å². The third-order valence-electron chi connectivity index (χ3n) is 4.97. The van der Waals surface area contributed by atoms with Crippen molar-refractivity contribution in [2.45, 2.75) is 13.0 Å². The second-order valence-electron chi connectivity index (χ2n) is 7.21. The number of ketones is 1. The average Bonchev–Trinajstić information content (AvgIpc) is 2.83. The molecule has 1 heterocycles. The van der Waals surface area contributed by atoms with Crippen LogP contribution in [0.25, 0.3) is 0 Å². The molecule has 2 aromatic rings. The van der Waals surface area contributed by atoms with Crippen LogP contribution < -0.4 is 10.2 Å². The number of rotatable bonds is 7. The van der Waals surface area contributed by atoms with Gasteiger partial charge in [0.05, 0.1) is 31.3 Å². The number of benzene rings is 2. The zero-order valence-corrected chi connectivity index (χ0v) is 18.2. The predicted molar refractivity (Wildman–Crippen MR) is 115 cm³/mol. The number of hydrogen-bond donors (Lipinski definition) is 1. The summed E-state index contributed by atoms with van der Waals surface area (Å²) in [5, 5.41) is 1.73. The van der Waals surface area contributed by atoms with Crippen LogP contribution in [0.1, 0.15) is 15.9 Å². The zero-order chi connectivity index (χ0) is 24.0. The largest absolute Gasteiger partial charge is 0.378 e. The van der Waals surface area contributed by atoms with Crippen molar-refractivity contribution in [3.8, 4) is 0 Å². The molecule has 0 aromatic heterocycles. The van der Waals surface area contributed by atoms with Crippen molar-refractivity contribution in [1.29, 1.82) is 0 Å². The van der Waals surface area contributed by atoms with Crippen LogP contribution in [0, 0.1) is 5.82 Å². The first-order valence-corrected chi connectivity index (χ1v) is 10.4. The van der Waals surface area contributed by atoms with E-state index in [1.54, 1.807) is 17.0 Å². The summed E-state index contributed by atoms with van der Waals surface area (Å²) in [5.74, 6) is -2.67. The molecule has 0 atom stereocenters. The van der Waals surface area contributed by atoms with E-state index in [1.165, 1.54) is 35.2 Å². The van der Waals surface area contributed by atoms with Crippen molar-refractivity contribution < 1.29 is 32.3 Å². The molecule has 7 nitrogen and oxygen atoms in total. The normalized spacial score (nSPS) is 13.7. The number of nitrogens with zero attached hydrogens (tertiary/aromatic N) is 2. The molecule has 1 fully saturated rings. The Balaban J connectivity index is 1.76. The molecule has 0 spiro atoms. The first-order valence-electron chi connectivity index (χ1n) is 10.0. The first kappa shape index (κ1) is 24.5. The molecule has 3 amide bonds. The van der Waals surface area contributed by atoms with Crippen LogP contribution in [0.5, 0.6) is 0 Å². The van der Waals surface area contributed by atoms with Gasteiger partial charge in [-0.2, -0.15) is 8.78 Å². The van der Waals surface area contributed by atoms with E-state index in [9.17, 15) is 27.6 Å². The Morgan fingerprint density at radius 1 is 1.09 bits per heavy atom. The van der Waals surface area contributed by atoms with Gasteiger partial charge < -0.3 is 15.0 Å². The first-order chi connectivity index (χ1) is 15.8. The van der Waals surface area contributed by atoms with E-state index in [0.29, 0.717) is 37.6 Å². The van der Waals surface area contributed by atoms with Crippen molar-refractivity contribution in [3.63, 3.8) is 0 Å². The summed E-state index contributed by atoms with van der Waals surface area (Å²) in [4.78, 5) is 39.3. The third kappa shape index (κ3) is 6.45. The van der Waals surface area contributed by atoms with Gasteiger partial charge in [-0.25, -0.2) is 9.18 Å². The van der Waals surface area contributed by atoms with Crippen LogP contribution in [0.15, 0.2) is 42.5 Å². The van der Waals surface area contributed by atoms with E-state index in [4.69, 9.17) is 16.3 Å². The minimum absolute atomic E-state index is 0.106. The fourth-order valence-electron chi connectivity index (χ4n) is 3.17. The number of anilines is 1. The smallest absolute Gasteiger partial charge is 0.324 e. The van der Waals surface area contributed by atoms with Gasteiger partial charge in [0.15, 0.2) is 5.78 Å². The predicted octanol–water partition coefficient (Wildman–Crippen LogP) is 3.50. The Morgan fingerprint density at radius 3 is 2.36 bits per heavy atom. The maximum atomic E-state index is 13.7. The number of morpholine rings is 1. The summed E-state index contributed by atoms with van der Waals surface area (Å²) >= 11 is 5.92. The van der Waals surface area contributed by atoms with Crippen LogP contribution >= 0.6 is 11.6 Å². The molecule has 3 rings (SSSR count). The number of urea groups is 1. The van der Waals surface area contributed by atoms with Gasteiger partial charge in [-0.15, -0.1) is 0 Å². The molecule has 0 bridgehead atoms. The SMILES string of the molecule is O=C(CNC(=O)C(F)F)c1ccc(CN(C(=O)N2CCOCC2)c2ccc(F)c(Cl)c2)cc1. The summed E-state index contributed by atoms with van der Waals surface area (Å²) in [5.41, 5.74) is 1.27. The lowest BCUT2D eigenvalue weighted by Gasteiger charge is -2.33.